The van der Waals surface area contributed by atoms with Crippen LogP contribution in [0.25, 0.3) is 10.9 Å². The van der Waals surface area contributed by atoms with Gasteiger partial charge < -0.3 is 20.4 Å². The number of anilines is 1. The summed E-state index contributed by atoms with van der Waals surface area (Å²) in [6.45, 7) is -0.255. The van der Waals surface area contributed by atoms with Gasteiger partial charge in [-0.15, -0.1) is 0 Å². The second kappa shape index (κ2) is 7.59. The number of aromatic amines is 1. The lowest BCUT2D eigenvalue weighted by atomic mass is 10.1. The summed E-state index contributed by atoms with van der Waals surface area (Å²) in [4.78, 5) is 30.9. The molecule has 2 amide bonds. The van der Waals surface area contributed by atoms with Crippen LogP contribution in [0.5, 0.6) is 5.75 Å². The van der Waals surface area contributed by atoms with Crippen LogP contribution in [0.15, 0.2) is 42.9 Å². The summed E-state index contributed by atoms with van der Waals surface area (Å²) in [6.07, 6.45) is -0.000700. The minimum Gasteiger partial charge on any atom is -0.496 e. The molecule has 2 aromatic heterocycles. The van der Waals surface area contributed by atoms with Crippen molar-refractivity contribution in [2.45, 2.75) is 12.7 Å². The Kier molecular flexibility index (Phi) is 5.21. The van der Waals surface area contributed by atoms with Crippen LogP contribution in [-0.2, 0) is 22.3 Å². The van der Waals surface area contributed by atoms with Crippen molar-refractivity contribution in [3.8, 4) is 5.75 Å². The third kappa shape index (κ3) is 4.05. The average molecular weight is 392 g/mol. The number of halogens is 3. The number of ether oxygens (including phenoxy) is 1. The number of carbonyl (C=O) groups excluding carboxylic acids is 2. The van der Waals surface area contributed by atoms with Crippen molar-refractivity contribution in [2.75, 3.05) is 12.4 Å². The third-order valence-corrected chi connectivity index (χ3v) is 3.96. The Bertz CT molecular complexity index is 1030. The van der Waals surface area contributed by atoms with E-state index in [9.17, 15) is 22.8 Å². The van der Waals surface area contributed by atoms with Gasteiger partial charge in [0.15, 0.2) is 0 Å². The molecule has 0 radical (unpaired) electrons. The summed E-state index contributed by atoms with van der Waals surface area (Å²) in [5.41, 5.74) is 0.304. The van der Waals surface area contributed by atoms with Gasteiger partial charge in [0.25, 0.3) is 0 Å². The van der Waals surface area contributed by atoms with E-state index >= 15 is 0 Å². The van der Waals surface area contributed by atoms with Crippen LogP contribution in [0.2, 0.25) is 0 Å². The van der Waals surface area contributed by atoms with Crippen LogP contribution in [-0.4, -0.2) is 28.9 Å². The highest BCUT2D eigenvalue weighted by Gasteiger charge is 2.34. The minimum atomic E-state index is -4.61. The largest absolute Gasteiger partial charge is 0.496 e. The predicted molar refractivity (Wildman–Crippen MR) is 94.6 cm³/mol. The van der Waals surface area contributed by atoms with Gasteiger partial charge in [0.05, 0.1) is 23.9 Å². The Balaban J connectivity index is 1.66. The molecule has 28 heavy (non-hydrogen) atoms. The highest BCUT2D eigenvalue weighted by Crippen LogP contribution is 2.36. The summed E-state index contributed by atoms with van der Waals surface area (Å²) in [5, 5.41) is 5.34. The van der Waals surface area contributed by atoms with Gasteiger partial charge in [0.2, 0.25) is 0 Å². The Morgan fingerprint density at radius 2 is 2.00 bits per heavy atom. The quantitative estimate of drug-likeness (QED) is 0.595. The molecular weight excluding hydrogens is 377 g/mol. The van der Waals surface area contributed by atoms with Crippen LogP contribution in [0.1, 0.15) is 11.1 Å². The number of amides is 2. The van der Waals surface area contributed by atoms with E-state index in [2.05, 4.69) is 20.6 Å². The van der Waals surface area contributed by atoms with E-state index < -0.39 is 23.6 Å². The molecule has 0 aliphatic heterocycles. The zero-order chi connectivity index (χ0) is 20.3. The lowest BCUT2D eigenvalue weighted by Gasteiger charge is -2.13. The van der Waals surface area contributed by atoms with Crippen LogP contribution in [0.4, 0.5) is 18.9 Å². The topological polar surface area (TPSA) is 96.1 Å². The van der Waals surface area contributed by atoms with Gasteiger partial charge >= 0.3 is 18.0 Å². The fourth-order valence-corrected chi connectivity index (χ4v) is 2.59. The van der Waals surface area contributed by atoms with Crippen LogP contribution in [0.3, 0.4) is 0 Å². The van der Waals surface area contributed by atoms with Gasteiger partial charge in [0.1, 0.15) is 5.75 Å². The maximum absolute atomic E-state index is 13.0. The number of hydrogen-bond donors (Lipinski definition) is 3. The molecular formula is C18H15F3N4O3. The van der Waals surface area contributed by atoms with E-state index in [1.165, 1.54) is 18.5 Å². The number of aromatic nitrogens is 2. The predicted octanol–water partition coefficient (Wildman–Crippen LogP) is 2.85. The Hall–Kier alpha value is -3.56. The van der Waals surface area contributed by atoms with E-state index in [0.29, 0.717) is 11.1 Å². The molecule has 0 spiro atoms. The van der Waals surface area contributed by atoms with Gasteiger partial charge in [-0.3, -0.25) is 14.6 Å². The average Bonchev–Trinajstić information content (AvgIpc) is 3.08. The summed E-state index contributed by atoms with van der Waals surface area (Å²) in [7, 11) is 1.14. The number of pyridine rings is 1. The van der Waals surface area contributed by atoms with E-state index in [1.54, 1.807) is 12.3 Å². The van der Waals surface area contributed by atoms with Gasteiger partial charge in [-0.25, -0.2) is 0 Å². The molecule has 0 atom stereocenters. The fraction of sp³-hybridized carbons (Fsp3) is 0.167. The first-order chi connectivity index (χ1) is 13.3. The molecule has 3 aromatic rings. The van der Waals surface area contributed by atoms with Crippen molar-refractivity contribution < 1.29 is 27.5 Å². The number of carbonyl (C=O) groups is 2. The van der Waals surface area contributed by atoms with Crippen LogP contribution < -0.4 is 15.4 Å². The molecule has 0 saturated carbocycles. The molecule has 0 saturated heterocycles. The molecule has 3 N–H and O–H groups in total. The highest BCUT2D eigenvalue weighted by molar-refractivity contribution is 6.40. The zero-order valence-electron chi connectivity index (χ0n) is 14.6. The Morgan fingerprint density at radius 3 is 2.71 bits per heavy atom. The lowest BCUT2D eigenvalue weighted by molar-refractivity contribution is -0.138. The molecule has 0 aliphatic rings. The lowest BCUT2D eigenvalue weighted by Crippen LogP contribution is -2.35. The number of methoxy groups -OCH3 is 1. The number of H-pyrrole nitrogens is 1. The normalized spacial score (nSPS) is 11.3. The van der Waals surface area contributed by atoms with Crippen molar-refractivity contribution in [2.24, 2.45) is 0 Å². The molecule has 1 aromatic carbocycles. The first kappa shape index (κ1) is 19.2. The Labute approximate surface area is 156 Å². The van der Waals surface area contributed by atoms with E-state index in [0.717, 1.165) is 24.8 Å². The molecule has 0 aliphatic carbocycles. The number of nitrogens with one attached hydrogen (secondary N) is 3. The van der Waals surface area contributed by atoms with Gasteiger partial charge in [-0.2, -0.15) is 13.2 Å². The maximum atomic E-state index is 13.0. The number of hydrogen-bond acceptors (Lipinski definition) is 4. The molecule has 2 heterocycles. The standard InChI is InChI=1S/C18H15F3N4O3/c1-28-15-3-2-10(6-12(15)18(19,20)21)7-24-16(26)17(27)25-14-9-23-13-4-5-22-8-11(13)14/h2-6,8-9,23H,7H2,1H3,(H,24,26)(H,25,27). The van der Waals surface area contributed by atoms with Crippen molar-refractivity contribution in [1.29, 1.82) is 0 Å². The molecule has 0 fully saturated rings. The van der Waals surface area contributed by atoms with E-state index in [4.69, 9.17) is 4.74 Å². The smallest absolute Gasteiger partial charge is 0.419 e. The minimum absolute atomic E-state index is 0.172. The summed E-state index contributed by atoms with van der Waals surface area (Å²) < 4.78 is 43.8. The van der Waals surface area contributed by atoms with Crippen molar-refractivity contribution in [1.82, 2.24) is 15.3 Å². The molecule has 7 nitrogen and oxygen atoms in total. The van der Waals surface area contributed by atoms with Crippen molar-refractivity contribution >= 4 is 28.4 Å². The number of nitrogens with zero attached hydrogens (tertiary/aromatic N) is 1. The number of fused-ring (bicyclic) bond motifs is 1. The molecule has 146 valence electrons. The SMILES string of the molecule is COc1ccc(CNC(=O)C(=O)Nc2c[nH]c3ccncc23)cc1C(F)(F)F. The molecule has 3 rings (SSSR count). The Morgan fingerprint density at radius 1 is 1.21 bits per heavy atom. The maximum Gasteiger partial charge on any atom is 0.419 e. The zero-order valence-corrected chi connectivity index (χ0v) is 14.6. The number of rotatable bonds is 4. The van der Waals surface area contributed by atoms with Crippen molar-refractivity contribution in [3.63, 3.8) is 0 Å². The van der Waals surface area contributed by atoms with Crippen LogP contribution in [0, 0.1) is 0 Å². The first-order valence-electron chi connectivity index (χ1n) is 8.04. The summed E-state index contributed by atoms with van der Waals surface area (Å²) >= 11 is 0. The second-order valence-electron chi connectivity index (χ2n) is 5.79. The third-order valence-electron chi connectivity index (χ3n) is 3.96. The second-order valence-corrected chi connectivity index (χ2v) is 5.79. The number of benzene rings is 1. The highest BCUT2D eigenvalue weighted by atomic mass is 19.4. The first-order valence-corrected chi connectivity index (χ1v) is 8.04. The summed E-state index contributed by atoms with van der Waals surface area (Å²) in [6, 6.07) is 5.09. The fourth-order valence-electron chi connectivity index (χ4n) is 2.59. The monoisotopic (exact) mass is 392 g/mol. The van der Waals surface area contributed by atoms with Gasteiger partial charge in [-0.05, 0) is 23.8 Å². The van der Waals surface area contributed by atoms with Crippen LogP contribution >= 0.6 is 0 Å². The molecule has 0 unspecified atom stereocenters. The van der Waals surface area contributed by atoms with E-state index in [1.807, 2.05) is 0 Å². The number of alkyl halides is 3. The van der Waals surface area contributed by atoms with Gasteiger partial charge in [-0.1, -0.05) is 6.07 Å². The summed E-state index contributed by atoms with van der Waals surface area (Å²) in [5.74, 6) is -2.26. The van der Waals surface area contributed by atoms with Gasteiger partial charge in [0, 0.05) is 30.5 Å². The molecule has 0 bridgehead atoms. The van der Waals surface area contributed by atoms with Crippen molar-refractivity contribution in [3.05, 3.63) is 54.0 Å². The molecule has 10 heteroatoms. The van der Waals surface area contributed by atoms with E-state index in [-0.39, 0.29) is 17.9 Å².